The van der Waals surface area contributed by atoms with Crippen molar-refractivity contribution in [2.75, 3.05) is 34.4 Å². The van der Waals surface area contributed by atoms with Crippen molar-refractivity contribution in [3.63, 3.8) is 0 Å². The van der Waals surface area contributed by atoms with E-state index in [-0.39, 0.29) is 23.6 Å². The van der Waals surface area contributed by atoms with Crippen LogP contribution in [0.2, 0.25) is 0 Å². The molecule has 0 aliphatic heterocycles. The first-order chi connectivity index (χ1) is 9.94. The van der Waals surface area contributed by atoms with Crippen LogP contribution in [0.25, 0.3) is 0 Å². The fourth-order valence-corrected chi connectivity index (χ4v) is 2.85. The lowest BCUT2D eigenvalue weighted by Gasteiger charge is -2.16. The highest BCUT2D eigenvalue weighted by Gasteiger charge is 2.17. The molecule has 0 saturated heterocycles. The smallest absolute Gasteiger partial charge is 0.240 e. The molecule has 0 heterocycles. The van der Waals surface area contributed by atoms with E-state index in [2.05, 4.69) is 10.0 Å². The summed E-state index contributed by atoms with van der Waals surface area (Å²) in [6.07, 6.45) is -0.312. The van der Waals surface area contributed by atoms with E-state index in [1.54, 1.807) is 31.4 Å². The number of methoxy groups -OCH3 is 2. The molecule has 0 aromatic heterocycles. The van der Waals surface area contributed by atoms with Gasteiger partial charge in [-0.2, -0.15) is 0 Å². The van der Waals surface area contributed by atoms with Gasteiger partial charge in [-0.15, -0.1) is 0 Å². The Balaban J connectivity index is 2.74. The van der Waals surface area contributed by atoms with Gasteiger partial charge in [0.25, 0.3) is 0 Å². The molecular weight excluding hydrogens is 292 g/mol. The third-order valence-electron chi connectivity index (χ3n) is 3.31. The van der Waals surface area contributed by atoms with Crippen LogP contribution >= 0.6 is 0 Å². The molecule has 0 bridgehead atoms. The van der Waals surface area contributed by atoms with E-state index in [1.807, 2.05) is 14.0 Å². The summed E-state index contributed by atoms with van der Waals surface area (Å²) in [6, 6.07) is 6.99. The summed E-state index contributed by atoms with van der Waals surface area (Å²) >= 11 is 0. The van der Waals surface area contributed by atoms with E-state index < -0.39 is 10.0 Å². The van der Waals surface area contributed by atoms with Gasteiger partial charge < -0.3 is 14.8 Å². The van der Waals surface area contributed by atoms with Crippen molar-refractivity contribution < 1.29 is 17.9 Å². The number of rotatable bonds is 9. The molecule has 0 fully saturated rings. The summed E-state index contributed by atoms with van der Waals surface area (Å²) in [5.74, 6) is 0. The Morgan fingerprint density at radius 1 is 1.19 bits per heavy atom. The molecule has 0 radical (unpaired) electrons. The van der Waals surface area contributed by atoms with Crippen molar-refractivity contribution in [2.24, 2.45) is 0 Å². The summed E-state index contributed by atoms with van der Waals surface area (Å²) in [7, 11) is 1.38. The average molecular weight is 316 g/mol. The molecular formula is C14H24N2O4S. The number of nitrogens with one attached hydrogen (secondary N) is 2. The van der Waals surface area contributed by atoms with Crippen molar-refractivity contribution in [3.8, 4) is 0 Å². The Hall–Kier alpha value is -0.990. The molecule has 2 unspecified atom stereocenters. The van der Waals surface area contributed by atoms with Crippen LogP contribution in [0, 0.1) is 0 Å². The van der Waals surface area contributed by atoms with Crippen LogP contribution in [-0.2, 0) is 19.5 Å². The van der Waals surface area contributed by atoms with Gasteiger partial charge >= 0.3 is 0 Å². The minimum absolute atomic E-state index is 0.168. The number of ether oxygens (including phenoxy) is 2. The van der Waals surface area contributed by atoms with Gasteiger partial charge in [0.05, 0.1) is 17.6 Å². The first-order valence-corrected chi connectivity index (χ1v) is 8.21. The van der Waals surface area contributed by atoms with Gasteiger partial charge in [0, 0.05) is 26.8 Å². The molecule has 1 aromatic rings. The second-order valence-electron chi connectivity index (χ2n) is 4.74. The predicted molar refractivity (Wildman–Crippen MR) is 81.8 cm³/mol. The Labute approximate surface area is 126 Å². The third-order valence-corrected chi connectivity index (χ3v) is 4.75. The highest BCUT2D eigenvalue weighted by Crippen LogP contribution is 2.15. The zero-order valence-corrected chi connectivity index (χ0v) is 13.7. The Kier molecular flexibility index (Phi) is 7.27. The van der Waals surface area contributed by atoms with E-state index in [4.69, 9.17) is 9.47 Å². The lowest BCUT2D eigenvalue weighted by Crippen LogP contribution is -2.35. The van der Waals surface area contributed by atoms with E-state index in [0.717, 1.165) is 5.56 Å². The molecule has 2 N–H and O–H groups in total. The first-order valence-electron chi connectivity index (χ1n) is 6.73. The molecule has 0 spiro atoms. The maximum absolute atomic E-state index is 12.2. The van der Waals surface area contributed by atoms with Crippen LogP contribution in [-0.4, -0.2) is 48.9 Å². The van der Waals surface area contributed by atoms with E-state index in [0.29, 0.717) is 6.61 Å². The van der Waals surface area contributed by atoms with Crippen LogP contribution in [0.4, 0.5) is 0 Å². The number of sulfonamides is 1. The van der Waals surface area contributed by atoms with Crippen LogP contribution in [0.3, 0.4) is 0 Å². The third kappa shape index (κ3) is 5.37. The van der Waals surface area contributed by atoms with E-state index in [1.165, 1.54) is 7.11 Å². The lowest BCUT2D eigenvalue weighted by atomic mass is 10.1. The number of hydrogen-bond donors (Lipinski definition) is 2. The maximum atomic E-state index is 12.2. The SMILES string of the molecule is CNC(C)c1ccc(S(=O)(=O)NCC(COC)OC)cc1. The summed E-state index contributed by atoms with van der Waals surface area (Å²) in [4.78, 5) is 0.238. The van der Waals surface area contributed by atoms with E-state index >= 15 is 0 Å². The Morgan fingerprint density at radius 3 is 2.29 bits per heavy atom. The molecule has 6 nitrogen and oxygen atoms in total. The second kappa shape index (κ2) is 8.45. The molecule has 21 heavy (non-hydrogen) atoms. The van der Waals surface area contributed by atoms with Crippen LogP contribution in [0.1, 0.15) is 18.5 Å². The Morgan fingerprint density at radius 2 is 1.81 bits per heavy atom. The summed E-state index contributed by atoms with van der Waals surface area (Å²) < 4.78 is 37.0. The first kappa shape index (κ1) is 18.1. The van der Waals surface area contributed by atoms with Crippen LogP contribution in [0.5, 0.6) is 0 Å². The molecule has 1 rings (SSSR count). The summed E-state index contributed by atoms with van der Waals surface area (Å²) in [6.45, 7) is 2.51. The van der Waals surface area contributed by atoms with Crippen molar-refractivity contribution in [1.82, 2.24) is 10.0 Å². The average Bonchev–Trinajstić information content (AvgIpc) is 2.50. The largest absolute Gasteiger partial charge is 0.382 e. The van der Waals surface area contributed by atoms with Crippen LogP contribution < -0.4 is 10.0 Å². The van der Waals surface area contributed by atoms with Gasteiger partial charge in [-0.25, -0.2) is 13.1 Å². The van der Waals surface area contributed by atoms with Gasteiger partial charge in [0.2, 0.25) is 10.0 Å². The zero-order chi connectivity index (χ0) is 15.9. The summed E-state index contributed by atoms with van der Waals surface area (Å²) in [5, 5.41) is 3.11. The van der Waals surface area contributed by atoms with Crippen molar-refractivity contribution >= 4 is 10.0 Å². The molecule has 0 amide bonds. The highest BCUT2D eigenvalue weighted by molar-refractivity contribution is 7.89. The lowest BCUT2D eigenvalue weighted by molar-refractivity contribution is 0.0320. The van der Waals surface area contributed by atoms with Crippen molar-refractivity contribution in [3.05, 3.63) is 29.8 Å². The minimum atomic E-state index is -3.54. The topological polar surface area (TPSA) is 76.7 Å². The molecule has 120 valence electrons. The highest BCUT2D eigenvalue weighted by atomic mass is 32.2. The van der Waals surface area contributed by atoms with E-state index in [9.17, 15) is 8.42 Å². The molecule has 7 heteroatoms. The number of benzene rings is 1. The van der Waals surface area contributed by atoms with Gasteiger partial charge in [-0.3, -0.25) is 0 Å². The monoisotopic (exact) mass is 316 g/mol. The normalized spacial score (nSPS) is 14.9. The quantitative estimate of drug-likeness (QED) is 0.708. The zero-order valence-electron chi connectivity index (χ0n) is 12.9. The van der Waals surface area contributed by atoms with Crippen molar-refractivity contribution in [1.29, 1.82) is 0 Å². The molecule has 0 aliphatic rings. The van der Waals surface area contributed by atoms with Gasteiger partial charge in [-0.1, -0.05) is 12.1 Å². The molecule has 0 aliphatic carbocycles. The van der Waals surface area contributed by atoms with Crippen LogP contribution in [0.15, 0.2) is 29.2 Å². The van der Waals surface area contributed by atoms with Gasteiger partial charge in [0.15, 0.2) is 0 Å². The Bertz CT molecular complexity index is 516. The van der Waals surface area contributed by atoms with Gasteiger partial charge in [-0.05, 0) is 31.7 Å². The van der Waals surface area contributed by atoms with Crippen molar-refractivity contribution in [2.45, 2.75) is 24.0 Å². The molecule has 2 atom stereocenters. The second-order valence-corrected chi connectivity index (χ2v) is 6.51. The molecule has 1 aromatic carbocycles. The predicted octanol–water partition coefficient (Wildman–Crippen LogP) is 0.907. The summed E-state index contributed by atoms with van der Waals surface area (Å²) in [5.41, 5.74) is 1.03. The minimum Gasteiger partial charge on any atom is -0.382 e. The fraction of sp³-hybridized carbons (Fsp3) is 0.571. The molecule has 0 saturated carbocycles. The number of hydrogen-bond acceptors (Lipinski definition) is 5. The fourth-order valence-electron chi connectivity index (χ4n) is 1.78. The standard InChI is InChI=1S/C14H24N2O4S/c1-11(15-2)12-5-7-14(8-6-12)21(17,18)16-9-13(20-4)10-19-3/h5-8,11,13,15-16H,9-10H2,1-4H3. The van der Waals surface area contributed by atoms with Gasteiger partial charge in [0.1, 0.15) is 0 Å². The maximum Gasteiger partial charge on any atom is 0.240 e.